The third-order valence-electron chi connectivity index (χ3n) is 5.15. The van der Waals surface area contributed by atoms with E-state index in [1.54, 1.807) is 59.5 Å². The van der Waals surface area contributed by atoms with Crippen molar-refractivity contribution in [3.05, 3.63) is 60.2 Å². The van der Waals surface area contributed by atoms with Crippen molar-refractivity contribution in [1.29, 1.82) is 0 Å². The largest absolute Gasteiger partial charge is 0.339 e. The Morgan fingerprint density at radius 1 is 1.00 bits per heavy atom. The standard InChI is InChI=1S/C22H27N3O4S/c1-24(30(28,29)18-10-3-2-4-11-18)15-9-14-21(26)23-20-13-6-5-12-19(20)22(27)25-16-7-8-17-25/h2-6,10-13H,7-9,14-17H2,1H3,(H,23,26). The summed E-state index contributed by atoms with van der Waals surface area (Å²) in [5.41, 5.74) is 0.973. The molecule has 1 heterocycles. The van der Waals surface area contributed by atoms with Crippen LogP contribution in [0.25, 0.3) is 0 Å². The Balaban J connectivity index is 1.55. The first-order valence-electron chi connectivity index (χ1n) is 10.1. The van der Waals surface area contributed by atoms with Gasteiger partial charge in [0.1, 0.15) is 0 Å². The predicted octanol–water partition coefficient (Wildman–Crippen LogP) is 2.96. The molecular formula is C22H27N3O4S. The average Bonchev–Trinajstić information content (AvgIpc) is 3.29. The highest BCUT2D eigenvalue weighted by molar-refractivity contribution is 7.89. The summed E-state index contributed by atoms with van der Waals surface area (Å²) in [5.74, 6) is -0.320. The van der Waals surface area contributed by atoms with E-state index in [-0.39, 0.29) is 29.7 Å². The molecule has 1 fully saturated rings. The molecule has 0 radical (unpaired) electrons. The summed E-state index contributed by atoms with van der Waals surface area (Å²) in [5, 5.41) is 2.80. The zero-order valence-corrected chi connectivity index (χ0v) is 17.9. The molecule has 160 valence electrons. The first-order chi connectivity index (χ1) is 14.4. The van der Waals surface area contributed by atoms with Gasteiger partial charge >= 0.3 is 0 Å². The minimum atomic E-state index is -3.57. The fourth-order valence-corrected chi connectivity index (χ4v) is 4.67. The molecule has 2 amide bonds. The molecule has 2 aromatic rings. The van der Waals surface area contributed by atoms with E-state index in [0.29, 0.717) is 17.7 Å². The van der Waals surface area contributed by atoms with Crippen molar-refractivity contribution in [2.45, 2.75) is 30.6 Å². The third kappa shape index (κ3) is 5.25. The molecular weight excluding hydrogens is 402 g/mol. The number of amides is 2. The van der Waals surface area contributed by atoms with Gasteiger partial charge in [0, 0.05) is 33.1 Å². The Hall–Kier alpha value is -2.71. The Morgan fingerprint density at radius 2 is 1.63 bits per heavy atom. The van der Waals surface area contributed by atoms with E-state index in [2.05, 4.69) is 5.32 Å². The number of carbonyl (C=O) groups is 2. The number of hydrogen-bond donors (Lipinski definition) is 1. The highest BCUT2D eigenvalue weighted by atomic mass is 32.2. The molecule has 0 bridgehead atoms. The molecule has 1 aliphatic rings. The molecule has 0 saturated carbocycles. The van der Waals surface area contributed by atoms with E-state index in [4.69, 9.17) is 0 Å². The Bertz CT molecular complexity index is 986. The summed E-state index contributed by atoms with van der Waals surface area (Å²) >= 11 is 0. The van der Waals surface area contributed by atoms with Crippen molar-refractivity contribution < 1.29 is 18.0 Å². The zero-order chi connectivity index (χ0) is 21.6. The number of rotatable bonds is 8. The molecule has 0 unspecified atom stereocenters. The Morgan fingerprint density at radius 3 is 2.33 bits per heavy atom. The first kappa shape index (κ1) is 22.0. The van der Waals surface area contributed by atoms with Crippen LogP contribution in [0.4, 0.5) is 5.69 Å². The van der Waals surface area contributed by atoms with Crippen LogP contribution in [0, 0.1) is 0 Å². The van der Waals surface area contributed by atoms with Gasteiger partial charge in [-0.25, -0.2) is 12.7 Å². The maximum atomic E-state index is 12.7. The second-order valence-electron chi connectivity index (χ2n) is 7.34. The molecule has 30 heavy (non-hydrogen) atoms. The van der Waals surface area contributed by atoms with Gasteiger partial charge in [0.05, 0.1) is 16.1 Å². The summed E-state index contributed by atoms with van der Waals surface area (Å²) in [6.45, 7) is 1.70. The van der Waals surface area contributed by atoms with Crippen molar-refractivity contribution in [2.75, 3.05) is 32.0 Å². The van der Waals surface area contributed by atoms with Gasteiger partial charge in [0.15, 0.2) is 0 Å². The Kier molecular flexibility index (Phi) is 7.23. The van der Waals surface area contributed by atoms with E-state index in [9.17, 15) is 18.0 Å². The number of hydrogen-bond acceptors (Lipinski definition) is 4. The van der Waals surface area contributed by atoms with Crippen LogP contribution in [-0.2, 0) is 14.8 Å². The smallest absolute Gasteiger partial charge is 0.255 e. The fourth-order valence-electron chi connectivity index (χ4n) is 3.44. The summed E-state index contributed by atoms with van der Waals surface area (Å²) in [6.07, 6.45) is 2.52. The van der Waals surface area contributed by atoms with Crippen LogP contribution >= 0.6 is 0 Å². The van der Waals surface area contributed by atoms with Crippen LogP contribution in [-0.4, -0.2) is 56.1 Å². The van der Waals surface area contributed by atoms with Crippen molar-refractivity contribution in [1.82, 2.24) is 9.21 Å². The van der Waals surface area contributed by atoms with Crippen LogP contribution in [0.5, 0.6) is 0 Å². The van der Waals surface area contributed by atoms with Crippen molar-refractivity contribution >= 4 is 27.5 Å². The van der Waals surface area contributed by atoms with Gasteiger partial charge in [-0.05, 0) is 43.5 Å². The first-order valence-corrected chi connectivity index (χ1v) is 11.5. The monoisotopic (exact) mass is 429 g/mol. The van der Waals surface area contributed by atoms with Gasteiger partial charge in [-0.15, -0.1) is 0 Å². The van der Waals surface area contributed by atoms with Crippen LogP contribution < -0.4 is 5.32 Å². The Labute approximate surface area is 177 Å². The van der Waals surface area contributed by atoms with Crippen LogP contribution in [0.2, 0.25) is 0 Å². The molecule has 1 aliphatic heterocycles. The molecule has 1 saturated heterocycles. The number of para-hydroxylation sites is 1. The van der Waals surface area contributed by atoms with Gasteiger partial charge in [0.2, 0.25) is 15.9 Å². The second kappa shape index (κ2) is 9.86. The van der Waals surface area contributed by atoms with Gasteiger partial charge in [-0.1, -0.05) is 30.3 Å². The highest BCUT2D eigenvalue weighted by Gasteiger charge is 2.23. The zero-order valence-electron chi connectivity index (χ0n) is 17.1. The van der Waals surface area contributed by atoms with Crippen LogP contribution in [0.3, 0.4) is 0 Å². The normalized spacial score (nSPS) is 14.1. The molecule has 1 N–H and O–H groups in total. The SMILES string of the molecule is CN(CCCC(=O)Nc1ccccc1C(=O)N1CCCC1)S(=O)(=O)c1ccccc1. The van der Waals surface area contributed by atoms with Crippen LogP contribution in [0.1, 0.15) is 36.0 Å². The van der Waals surface area contributed by atoms with Crippen LogP contribution in [0.15, 0.2) is 59.5 Å². The summed E-state index contributed by atoms with van der Waals surface area (Å²) in [6, 6.07) is 15.2. The minimum absolute atomic E-state index is 0.0721. The van der Waals surface area contributed by atoms with Crippen molar-refractivity contribution in [3.8, 4) is 0 Å². The van der Waals surface area contributed by atoms with E-state index >= 15 is 0 Å². The average molecular weight is 430 g/mol. The molecule has 0 aromatic heterocycles. The number of anilines is 1. The number of nitrogens with one attached hydrogen (secondary N) is 1. The predicted molar refractivity (Wildman–Crippen MR) is 116 cm³/mol. The molecule has 2 aromatic carbocycles. The van der Waals surface area contributed by atoms with Gasteiger partial charge in [-0.2, -0.15) is 0 Å². The molecule has 0 atom stereocenters. The van der Waals surface area contributed by atoms with E-state index in [0.717, 1.165) is 25.9 Å². The van der Waals surface area contributed by atoms with E-state index in [1.165, 1.54) is 11.4 Å². The molecule has 0 spiro atoms. The topological polar surface area (TPSA) is 86.8 Å². The lowest BCUT2D eigenvalue weighted by Crippen LogP contribution is -2.29. The number of carbonyl (C=O) groups excluding carboxylic acids is 2. The third-order valence-corrected chi connectivity index (χ3v) is 7.02. The molecule has 0 aliphatic carbocycles. The minimum Gasteiger partial charge on any atom is -0.339 e. The van der Waals surface area contributed by atoms with Crippen molar-refractivity contribution in [2.24, 2.45) is 0 Å². The van der Waals surface area contributed by atoms with Gasteiger partial charge in [-0.3, -0.25) is 9.59 Å². The number of nitrogens with zero attached hydrogens (tertiary/aromatic N) is 2. The van der Waals surface area contributed by atoms with E-state index in [1.807, 2.05) is 0 Å². The number of benzene rings is 2. The van der Waals surface area contributed by atoms with E-state index < -0.39 is 10.0 Å². The molecule has 7 nitrogen and oxygen atoms in total. The number of likely N-dealkylation sites (tertiary alicyclic amines) is 1. The lowest BCUT2D eigenvalue weighted by molar-refractivity contribution is -0.116. The quantitative estimate of drug-likeness (QED) is 0.699. The fraction of sp³-hybridized carbons (Fsp3) is 0.364. The van der Waals surface area contributed by atoms with Gasteiger partial charge < -0.3 is 10.2 Å². The maximum absolute atomic E-state index is 12.7. The molecule has 3 rings (SSSR count). The lowest BCUT2D eigenvalue weighted by Gasteiger charge is -2.18. The molecule has 8 heteroatoms. The van der Waals surface area contributed by atoms with Gasteiger partial charge in [0.25, 0.3) is 5.91 Å². The number of sulfonamides is 1. The summed E-state index contributed by atoms with van der Waals surface area (Å²) in [4.78, 5) is 27.1. The van der Waals surface area contributed by atoms with Crippen molar-refractivity contribution in [3.63, 3.8) is 0 Å². The summed E-state index contributed by atoms with van der Waals surface area (Å²) < 4.78 is 26.3. The lowest BCUT2D eigenvalue weighted by atomic mass is 10.1. The highest BCUT2D eigenvalue weighted by Crippen LogP contribution is 2.20. The maximum Gasteiger partial charge on any atom is 0.255 e. The summed E-state index contributed by atoms with van der Waals surface area (Å²) in [7, 11) is -2.07. The second-order valence-corrected chi connectivity index (χ2v) is 9.38.